The second kappa shape index (κ2) is 5.57. The summed E-state index contributed by atoms with van der Waals surface area (Å²) in [6, 6.07) is 1.74. The minimum Gasteiger partial charge on any atom is -0.383 e. The van der Waals surface area contributed by atoms with Crippen molar-refractivity contribution in [1.29, 1.82) is 0 Å². The Morgan fingerprint density at radius 3 is 2.69 bits per heavy atom. The van der Waals surface area contributed by atoms with Gasteiger partial charge in [-0.1, -0.05) is 23.2 Å². The molecule has 1 atom stereocenters. The van der Waals surface area contributed by atoms with Gasteiger partial charge < -0.3 is 15.4 Å². The second-order valence-electron chi connectivity index (χ2n) is 3.58. The van der Waals surface area contributed by atoms with Crippen molar-refractivity contribution in [2.24, 2.45) is 0 Å². The van der Waals surface area contributed by atoms with Crippen LogP contribution in [-0.4, -0.2) is 31.8 Å². The molecule has 1 unspecified atom stereocenters. The van der Waals surface area contributed by atoms with Crippen molar-refractivity contribution in [2.45, 2.75) is 13.0 Å². The van der Waals surface area contributed by atoms with Gasteiger partial charge in [0.15, 0.2) is 0 Å². The fraction of sp³-hybridized carbons (Fsp3) is 0.500. The summed E-state index contributed by atoms with van der Waals surface area (Å²) in [5, 5.41) is 0.839. The number of halogens is 2. The molecule has 6 heteroatoms. The predicted octanol–water partition coefficient (Wildman–Crippen LogP) is 2.44. The molecule has 0 fully saturated rings. The van der Waals surface area contributed by atoms with E-state index in [2.05, 4.69) is 4.98 Å². The Balaban J connectivity index is 2.99. The van der Waals surface area contributed by atoms with Crippen LogP contribution in [0.15, 0.2) is 6.07 Å². The van der Waals surface area contributed by atoms with E-state index < -0.39 is 0 Å². The summed E-state index contributed by atoms with van der Waals surface area (Å²) in [4.78, 5) is 6.06. The molecule has 0 aliphatic heterocycles. The molecule has 0 aromatic carbocycles. The first-order valence-corrected chi connectivity index (χ1v) is 5.56. The summed E-state index contributed by atoms with van der Waals surface area (Å²) in [6.07, 6.45) is 0. The maximum absolute atomic E-state index is 6.06. The molecule has 0 amide bonds. The lowest BCUT2D eigenvalue weighted by Crippen LogP contribution is -2.33. The molecule has 90 valence electrons. The van der Waals surface area contributed by atoms with E-state index in [1.807, 2.05) is 18.9 Å². The molecule has 0 aliphatic rings. The molecular weight excluding hydrogens is 249 g/mol. The smallest absolute Gasteiger partial charge is 0.150 e. The Morgan fingerprint density at radius 2 is 2.12 bits per heavy atom. The van der Waals surface area contributed by atoms with Gasteiger partial charge >= 0.3 is 0 Å². The number of pyridine rings is 1. The number of ether oxygens (including phenoxy) is 1. The van der Waals surface area contributed by atoms with Gasteiger partial charge in [0.1, 0.15) is 11.6 Å². The number of likely N-dealkylation sites (N-methyl/N-ethyl adjacent to an activating group) is 1. The van der Waals surface area contributed by atoms with E-state index in [0.717, 1.165) is 0 Å². The number of nitrogens with zero attached hydrogens (tertiary/aromatic N) is 2. The molecule has 0 spiro atoms. The topological polar surface area (TPSA) is 51.4 Å². The fourth-order valence-corrected chi connectivity index (χ4v) is 1.77. The zero-order valence-corrected chi connectivity index (χ0v) is 11.0. The zero-order valence-electron chi connectivity index (χ0n) is 9.50. The fourth-order valence-electron chi connectivity index (χ4n) is 1.28. The molecule has 16 heavy (non-hydrogen) atoms. The SMILES string of the molecule is COCC(C)N(C)c1nc(N)c(Cl)cc1Cl. The minimum absolute atomic E-state index is 0.149. The van der Waals surface area contributed by atoms with Gasteiger partial charge in [-0.05, 0) is 13.0 Å². The monoisotopic (exact) mass is 263 g/mol. The maximum atomic E-state index is 6.06. The van der Waals surface area contributed by atoms with E-state index in [0.29, 0.717) is 22.5 Å². The van der Waals surface area contributed by atoms with Crippen LogP contribution < -0.4 is 10.6 Å². The van der Waals surface area contributed by atoms with Gasteiger partial charge in [0.05, 0.1) is 22.7 Å². The molecule has 1 rings (SSSR count). The molecule has 4 nitrogen and oxygen atoms in total. The van der Waals surface area contributed by atoms with E-state index in [1.165, 1.54) is 0 Å². The van der Waals surface area contributed by atoms with Crippen molar-refractivity contribution in [2.75, 3.05) is 31.4 Å². The summed E-state index contributed by atoms with van der Waals surface area (Å²) in [5.74, 6) is 0.880. The lowest BCUT2D eigenvalue weighted by Gasteiger charge is -2.26. The standard InChI is InChI=1S/C10H15Cl2N3O/c1-6(5-16-3)15(2)10-8(12)4-7(11)9(13)14-10/h4,6H,5H2,1-3H3,(H2,13,14). The van der Waals surface area contributed by atoms with Gasteiger partial charge in [0, 0.05) is 14.2 Å². The van der Waals surface area contributed by atoms with Gasteiger partial charge in [-0.15, -0.1) is 0 Å². The highest BCUT2D eigenvalue weighted by Crippen LogP contribution is 2.30. The third kappa shape index (κ3) is 2.90. The lowest BCUT2D eigenvalue weighted by molar-refractivity contribution is 0.183. The van der Waals surface area contributed by atoms with Crippen LogP contribution in [0.1, 0.15) is 6.92 Å². The molecule has 0 radical (unpaired) electrons. The Labute approximate surface area is 105 Å². The quantitative estimate of drug-likeness (QED) is 0.907. The predicted molar refractivity (Wildman–Crippen MR) is 68.4 cm³/mol. The summed E-state index contributed by atoms with van der Waals surface area (Å²) < 4.78 is 5.07. The molecule has 0 bridgehead atoms. The third-order valence-electron chi connectivity index (χ3n) is 2.34. The third-order valence-corrected chi connectivity index (χ3v) is 2.92. The first-order chi connectivity index (χ1) is 7.47. The normalized spacial score (nSPS) is 12.6. The minimum atomic E-state index is 0.149. The largest absolute Gasteiger partial charge is 0.383 e. The van der Waals surface area contributed by atoms with Crippen molar-refractivity contribution >= 4 is 34.8 Å². The van der Waals surface area contributed by atoms with Gasteiger partial charge in [-0.2, -0.15) is 0 Å². The van der Waals surface area contributed by atoms with Gasteiger partial charge in [0.2, 0.25) is 0 Å². The average molecular weight is 264 g/mol. The van der Waals surface area contributed by atoms with E-state index in [9.17, 15) is 0 Å². The van der Waals surface area contributed by atoms with Crippen molar-refractivity contribution in [3.05, 3.63) is 16.1 Å². The molecular formula is C10H15Cl2N3O. The Bertz CT molecular complexity index is 373. The van der Waals surface area contributed by atoms with Gasteiger partial charge in [-0.25, -0.2) is 4.98 Å². The van der Waals surface area contributed by atoms with Gasteiger partial charge in [-0.3, -0.25) is 0 Å². The number of hydrogen-bond donors (Lipinski definition) is 1. The average Bonchev–Trinajstić information content (AvgIpc) is 2.23. The van der Waals surface area contributed by atoms with Crippen LogP contribution in [0.3, 0.4) is 0 Å². The highest BCUT2D eigenvalue weighted by atomic mass is 35.5. The maximum Gasteiger partial charge on any atom is 0.150 e. The number of anilines is 2. The molecule has 0 saturated carbocycles. The van der Waals surface area contributed by atoms with Crippen molar-refractivity contribution in [3.8, 4) is 0 Å². The summed E-state index contributed by atoms with van der Waals surface area (Å²) in [7, 11) is 3.53. The number of rotatable bonds is 4. The first-order valence-electron chi connectivity index (χ1n) is 4.80. The second-order valence-corrected chi connectivity index (χ2v) is 4.39. The number of nitrogens with two attached hydrogens (primary N) is 1. The molecule has 1 aromatic heterocycles. The van der Waals surface area contributed by atoms with Crippen LogP contribution in [0.2, 0.25) is 10.0 Å². The van der Waals surface area contributed by atoms with Crippen LogP contribution in [0, 0.1) is 0 Å². The molecule has 0 saturated heterocycles. The van der Waals surface area contributed by atoms with Crippen LogP contribution in [0.5, 0.6) is 0 Å². The number of aromatic nitrogens is 1. The van der Waals surface area contributed by atoms with Crippen molar-refractivity contribution in [1.82, 2.24) is 4.98 Å². The molecule has 2 N–H and O–H groups in total. The van der Waals surface area contributed by atoms with E-state index in [4.69, 9.17) is 33.7 Å². The number of methoxy groups -OCH3 is 1. The number of hydrogen-bond acceptors (Lipinski definition) is 4. The van der Waals surface area contributed by atoms with Crippen LogP contribution in [0.4, 0.5) is 11.6 Å². The van der Waals surface area contributed by atoms with E-state index in [-0.39, 0.29) is 11.9 Å². The molecule has 0 aliphatic carbocycles. The first kappa shape index (κ1) is 13.4. The highest BCUT2D eigenvalue weighted by Gasteiger charge is 2.16. The van der Waals surface area contributed by atoms with Gasteiger partial charge in [0.25, 0.3) is 0 Å². The van der Waals surface area contributed by atoms with Crippen LogP contribution >= 0.6 is 23.2 Å². The Morgan fingerprint density at radius 1 is 1.50 bits per heavy atom. The molecule has 1 heterocycles. The Hall–Kier alpha value is -0.710. The lowest BCUT2D eigenvalue weighted by atomic mass is 10.3. The number of nitrogen functional groups attached to an aromatic ring is 1. The Kier molecular flexibility index (Phi) is 4.65. The van der Waals surface area contributed by atoms with Crippen LogP contribution in [-0.2, 0) is 4.74 Å². The highest BCUT2D eigenvalue weighted by molar-refractivity contribution is 6.37. The summed E-state index contributed by atoms with van der Waals surface area (Å²) in [5.41, 5.74) is 5.64. The molecule has 1 aromatic rings. The van der Waals surface area contributed by atoms with E-state index in [1.54, 1.807) is 13.2 Å². The van der Waals surface area contributed by atoms with E-state index >= 15 is 0 Å². The summed E-state index contributed by atoms with van der Waals surface area (Å²) in [6.45, 7) is 2.59. The van der Waals surface area contributed by atoms with Crippen molar-refractivity contribution in [3.63, 3.8) is 0 Å². The summed E-state index contributed by atoms with van der Waals surface area (Å²) >= 11 is 11.9. The van der Waals surface area contributed by atoms with Crippen LogP contribution in [0.25, 0.3) is 0 Å². The zero-order chi connectivity index (χ0) is 12.3. The van der Waals surface area contributed by atoms with Crippen molar-refractivity contribution < 1.29 is 4.74 Å².